The quantitative estimate of drug-likeness (QED) is 0.615. The highest BCUT2D eigenvalue weighted by atomic mass is 32.1. The van der Waals surface area contributed by atoms with Crippen LogP contribution in [0.4, 0.5) is 5.13 Å². The summed E-state index contributed by atoms with van der Waals surface area (Å²) in [5, 5.41) is 0.524. The number of carbonyl (C=O) groups excluding carboxylic acids is 1. The molecule has 0 aliphatic heterocycles. The molecular formula is C12H10N2O2S. The molecule has 0 aliphatic rings. The Morgan fingerprint density at radius 3 is 3.18 bits per heavy atom. The number of anilines is 1. The van der Waals surface area contributed by atoms with Gasteiger partial charge in [-0.25, -0.2) is 9.78 Å². The van der Waals surface area contributed by atoms with Crippen LogP contribution in [0.2, 0.25) is 0 Å². The minimum Gasteiger partial charge on any atom is -0.456 e. The fourth-order valence-corrected chi connectivity index (χ4v) is 2.03. The lowest BCUT2D eigenvalue weighted by atomic mass is 10.2. The molecule has 86 valence electrons. The van der Waals surface area contributed by atoms with Crippen molar-refractivity contribution in [1.82, 2.24) is 4.98 Å². The number of rotatable bonds is 1. The zero-order valence-electron chi connectivity index (χ0n) is 9.19. The summed E-state index contributed by atoms with van der Waals surface area (Å²) in [5.41, 5.74) is 7.11. The number of hydrogen-bond donors (Lipinski definition) is 1. The topological polar surface area (TPSA) is 65.2 Å². The van der Waals surface area contributed by atoms with Crippen molar-refractivity contribution in [2.24, 2.45) is 0 Å². The number of nitrogens with two attached hydrogens (primary N) is 1. The zero-order chi connectivity index (χ0) is 12.3. The van der Waals surface area contributed by atoms with Crippen LogP contribution in [0.1, 0.15) is 12.5 Å². The van der Waals surface area contributed by atoms with E-state index in [1.54, 1.807) is 13.0 Å². The van der Waals surface area contributed by atoms with Gasteiger partial charge in [-0.2, -0.15) is 0 Å². The molecule has 0 fully saturated rings. The summed E-state index contributed by atoms with van der Waals surface area (Å²) in [6.45, 7) is 2.07. The number of aromatic nitrogens is 1. The Hall–Kier alpha value is -2.06. The van der Waals surface area contributed by atoms with Crippen LogP contribution in [0.5, 0.6) is 0 Å². The Kier molecular flexibility index (Phi) is 3.26. The molecule has 0 saturated carbocycles. The molecule has 17 heavy (non-hydrogen) atoms. The molecule has 1 aromatic carbocycles. The van der Waals surface area contributed by atoms with Crippen molar-refractivity contribution < 1.29 is 9.53 Å². The third kappa shape index (κ3) is 2.74. The van der Waals surface area contributed by atoms with Gasteiger partial charge in [0.05, 0.1) is 16.8 Å². The van der Waals surface area contributed by atoms with Crippen LogP contribution < -0.4 is 5.73 Å². The van der Waals surface area contributed by atoms with Crippen molar-refractivity contribution in [1.29, 1.82) is 0 Å². The maximum atomic E-state index is 11.1. The highest BCUT2D eigenvalue weighted by Crippen LogP contribution is 2.23. The minimum absolute atomic E-state index is 0.329. The lowest BCUT2D eigenvalue weighted by Gasteiger charge is -1.92. The van der Waals surface area contributed by atoms with Gasteiger partial charge >= 0.3 is 5.97 Å². The van der Waals surface area contributed by atoms with Crippen molar-refractivity contribution >= 4 is 32.7 Å². The second kappa shape index (κ2) is 4.85. The maximum Gasteiger partial charge on any atom is 0.384 e. The van der Waals surface area contributed by atoms with Crippen LogP contribution in [0.3, 0.4) is 0 Å². The van der Waals surface area contributed by atoms with Crippen LogP contribution in [0.15, 0.2) is 18.2 Å². The Labute approximate surface area is 102 Å². The van der Waals surface area contributed by atoms with Gasteiger partial charge in [-0.1, -0.05) is 17.3 Å². The molecule has 0 unspecified atom stereocenters. The highest BCUT2D eigenvalue weighted by Gasteiger charge is 2.01. The number of carbonyl (C=O) groups is 1. The average Bonchev–Trinajstić information content (AvgIpc) is 2.66. The minimum atomic E-state index is -0.523. The van der Waals surface area contributed by atoms with E-state index >= 15 is 0 Å². The first-order valence-electron chi connectivity index (χ1n) is 5.04. The molecule has 0 atom stereocenters. The van der Waals surface area contributed by atoms with Gasteiger partial charge in [-0.15, -0.1) is 0 Å². The molecular weight excluding hydrogens is 236 g/mol. The molecule has 2 N–H and O–H groups in total. The smallest absolute Gasteiger partial charge is 0.384 e. The Morgan fingerprint density at radius 2 is 2.41 bits per heavy atom. The normalized spacial score (nSPS) is 9.71. The molecule has 0 amide bonds. The van der Waals surface area contributed by atoms with Crippen LogP contribution in [0, 0.1) is 11.8 Å². The van der Waals surface area contributed by atoms with E-state index in [9.17, 15) is 4.79 Å². The molecule has 0 radical (unpaired) electrons. The molecule has 1 heterocycles. The molecule has 5 heteroatoms. The van der Waals surface area contributed by atoms with Crippen LogP contribution in [-0.2, 0) is 9.53 Å². The number of fused-ring (bicyclic) bond motifs is 1. The van der Waals surface area contributed by atoms with Gasteiger partial charge in [-0.3, -0.25) is 0 Å². The number of esters is 1. The maximum absolute atomic E-state index is 11.1. The number of hydrogen-bond acceptors (Lipinski definition) is 5. The van der Waals surface area contributed by atoms with Crippen molar-refractivity contribution in [2.45, 2.75) is 6.92 Å². The SMILES string of the molecule is CCOC(=O)C#Cc1ccc2sc(N)nc2c1. The summed E-state index contributed by atoms with van der Waals surface area (Å²) in [6, 6.07) is 5.51. The molecule has 2 rings (SSSR count). The summed E-state index contributed by atoms with van der Waals surface area (Å²) in [5.74, 6) is 4.61. The Bertz CT molecular complexity index is 622. The molecule has 4 nitrogen and oxygen atoms in total. The summed E-state index contributed by atoms with van der Waals surface area (Å²) in [6.07, 6.45) is 0. The van der Waals surface area contributed by atoms with E-state index in [2.05, 4.69) is 16.8 Å². The first-order valence-corrected chi connectivity index (χ1v) is 5.85. The number of benzene rings is 1. The number of thiazole rings is 1. The van der Waals surface area contributed by atoms with Crippen molar-refractivity contribution in [3.63, 3.8) is 0 Å². The number of ether oxygens (including phenoxy) is 1. The fraction of sp³-hybridized carbons (Fsp3) is 0.167. The largest absolute Gasteiger partial charge is 0.456 e. The predicted octanol–water partition coefficient (Wildman–Crippen LogP) is 1.79. The number of nitrogen functional groups attached to an aromatic ring is 1. The summed E-state index contributed by atoms with van der Waals surface area (Å²) in [7, 11) is 0. The third-order valence-electron chi connectivity index (χ3n) is 1.99. The first kappa shape index (κ1) is 11.4. The molecule has 0 aliphatic carbocycles. The molecule has 0 spiro atoms. The Balaban J connectivity index is 2.27. The van der Waals surface area contributed by atoms with E-state index in [1.807, 2.05) is 12.1 Å². The second-order valence-electron chi connectivity index (χ2n) is 3.21. The lowest BCUT2D eigenvalue weighted by molar-refractivity contribution is -0.136. The average molecular weight is 246 g/mol. The van der Waals surface area contributed by atoms with E-state index in [-0.39, 0.29) is 0 Å². The highest BCUT2D eigenvalue weighted by molar-refractivity contribution is 7.22. The number of nitrogens with zero attached hydrogens (tertiary/aromatic N) is 1. The van der Waals surface area contributed by atoms with Gasteiger partial charge in [-0.05, 0) is 25.1 Å². The van der Waals surface area contributed by atoms with Crippen molar-refractivity contribution in [2.75, 3.05) is 12.3 Å². The van der Waals surface area contributed by atoms with E-state index in [1.165, 1.54) is 11.3 Å². The first-order chi connectivity index (χ1) is 8.19. The third-order valence-corrected chi connectivity index (χ3v) is 2.85. The van der Waals surface area contributed by atoms with E-state index < -0.39 is 5.97 Å². The summed E-state index contributed by atoms with van der Waals surface area (Å²) in [4.78, 5) is 15.2. The van der Waals surface area contributed by atoms with Gasteiger partial charge in [0.25, 0.3) is 0 Å². The van der Waals surface area contributed by atoms with E-state index in [0.717, 1.165) is 15.8 Å². The predicted molar refractivity (Wildman–Crippen MR) is 67.5 cm³/mol. The van der Waals surface area contributed by atoms with Crippen LogP contribution in [-0.4, -0.2) is 17.6 Å². The standard InChI is InChI=1S/C12H10N2O2S/c1-2-16-11(15)6-4-8-3-5-10-9(7-8)14-12(13)17-10/h3,5,7H,2H2,1H3,(H2,13,14). The lowest BCUT2D eigenvalue weighted by Crippen LogP contribution is -1.99. The molecule has 2 aromatic rings. The molecule has 1 aromatic heterocycles. The monoisotopic (exact) mass is 246 g/mol. The van der Waals surface area contributed by atoms with Crippen LogP contribution >= 0.6 is 11.3 Å². The van der Waals surface area contributed by atoms with E-state index in [4.69, 9.17) is 10.5 Å². The van der Waals surface area contributed by atoms with Gasteiger partial charge in [0.15, 0.2) is 5.13 Å². The van der Waals surface area contributed by atoms with Crippen molar-refractivity contribution in [3.05, 3.63) is 23.8 Å². The molecule has 0 saturated heterocycles. The second-order valence-corrected chi connectivity index (χ2v) is 4.27. The zero-order valence-corrected chi connectivity index (χ0v) is 10.0. The molecule has 0 bridgehead atoms. The summed E-state index contributed by atoms with van der Waals surface area (Å²) >= 11 is 1.42. The van der Waals surface area contributed by atoms with E-state index in [0.29, 0.717) is 11.7 Å². The van der Waals surface area contributed by atoms with Gasteiger partial charge < -0.3 is 10.5 Å². The fourth-order valence-electron chi connectivity index (χ4n) is 1.31. The summed E-state index contributed by atoms with van der Waals surface area (Å²) < 4.78 is 5.71. The van der Waals surface area contributed by atoms with Gasteiger partial charge in [0.1, 0.15) is 0 Å². The van der Waals surface area contributed by atoms with Crippen LogP contribution in [0.25, 0.3) is 10.2 Å². The van der Waals surface area contributed by atoms with Gasteiger partial charge in [0.2, 0.25) is 0 Å². The van der Waals surface area contributed by atoms with Crippen molar-refractivity contribution in [3.8, 4) is 11.8 Å². The Morgan fingerprint density at radius 1 is 1.59 bits per heavy atom. The van der Waals surface area contributed by atoms with Gasteiger partial charge in [0, 0.05) is 11.5 Å².